The second kappa shape index (κ2) is 14.5. The fourth-order valence-electron chi connectivity index (χ4n) is 6.76. The van der Waals surface area contributed by atoms with E-state index in [0.717, 1.165) is 27.1 Å². The van der Waals surface area contributed by atoms with Gasteiger partial charge in [0.15, 0.2) is 9.84 Å². The van der Waals surface area contributed by atoms with Gasteiger partial charge in [0, 0.05) is 0 Å². The summed E-state index contributed by atoms with van der Waals surface area (Å²) in [5.41, 5.74) is 3.71. The van der Waals surface area contributed by atoms with Crippen LogP contribution < -0.4 is 10.4 Å². The molecule has 4 aromatic rings. The highest BCUT2D eigenvalue weighted by Crippen LogP contribution is 2.39. The van der Waals surface area contributed by atoms with Gasteiger partial charge in [-0.15, -0.1) is 0 Å². The molecule has 1 heterocycles. The smallest absolute Gasteiger partial charge is 0.261 e. The molecule has 0 aliphatic carbocycles. The van der Waals surface area contributed by atoms with E-state index in [-0.39, 0.29) is 29.6 Å². The first kappa shape index (κ1) is 34.5. The van der Waals surface area contributed by atoms with Gasteiger partial charge < -0.3 is 19.7 Å². The van der Waals surface area contributed by atoms with Crippen LogP contribution >= 0.6 is 0 Å². The summed E-state index contributed by atoms with van der Waals surface area (Å²) in [6.07, 6.45) is 1.62. The van der Waals surface area contributed by atoms with Gasteiger partial charge in [0.05, 0.1) is 25.1 Å². The van der Waals surface area contributed by atoms with E-state index < -0.39 is 36.1 Å². The zero-order valence-electron chi connectivity index (χ0n) is 27.2. The number of hydrogen-bond donors (Lipinski definition) is 3. The van der Waals surface area contributed by atoms with E-state index in [1.807, 2.05) is 84.9 Å². The molecular formula is C39H44O6SSi. The van der Waals surface area contributed by atoms with Gasteiger partial charge in [-0.25, -0.2) is 8.42 Å². The van der Waals surface area contributed by atoms with Crippen molar-refractivity contribution < 1.29 is 28.2 Å². The highest BCUT2D eigenvalue weighted by atomic mass is 32.2. The maximum atomic E-state index is 13.4. The molecule has 4 aromatic carbocycles. The average Bonchev–Trinajstić information content (AvgIpc) is 3.33. The second-order valence-electron chi connectivity index (χ2n) is 13.2. The number of aromatic hydroxyl groups is 1. The van der Waals surface area contributed by atoms with Crippen molar-refractivity contribution in [2.45, 2.75) is 50.0 Å². The Hall–Kier alpha value is -3.79. The number of aliphatic hydroxyl groups excluding tert-OH is 2. The molecular weight excluding hydrogens is 625 g/mol. The predicted molar refractivity (Wildman–Crippen MR) is 193 cm³/mol. The minimum atomic E-state index is -3.74. The lowest BCUT2D eigenvalue weighted by atomic mass is 9.92. The van der Waals surface area contributed by atoms with Gasteiger partial charge in [-0.1, -0.05) is 130 Å². The highest BCUT2D eigenvalue weighted by Gasteiger charge is 2.51. The van der Waals surface area contributed by atoms with Gasteiger partial charge >= 0.3 is 0 Å². The van der Waals surface area contributed by atoms with Crippen LogP contribution in [0.5, 0.6) is 5.75 Å². The lowest BCUT2D eigenvalue weighted by Gasteiger charge is -2.43. The van der Waals surface area contributed by atoms with E-state index >= 15 is 0 Å². The zero-order valence-corrected chi connectivity index (χ0v) is 29.0. The van der Waals surface area contributed by atoms with Crippen LogP contribution in [0.4, 0.5) is 0 Å². The molecule has 0 unspecified atom stereocenters. The first-order valence-electron chi connectivity index (χ1n) is 16.0. The number of benzene rings is 4. The summed E-state index contributed by atoms with van der Waals surface area (Å²) >= 11 is 0. The minimum absolute atomic E-state index is 0.0320. The van der Waals surface area contributed by atoms with E-state index in [4.69, 9.17) is 4.43 Å². The fourth-order valence-corrected chi connectivity index (χ4v) is 13.2. The average molecular weight is 669 g/mol. The maximum Gasteiger partial charge on any atom is 0.261 e. The van der Waals surface area contributed by atoms with E-state index in [2.05, 4.69) is 45.0 Å². The van der Waals surface area contributed by atoms with Crippen LogP contribution in [0.15, 0.2) is 126 Å². The van der Waals surface area contributed by atoms with Crippen molar-refractivity contribution in [3.05, 3.63) is 138 Å². The van der Waals surface area contributed by atoms with Crippen LogP contribution in [-0.4, -0.2) is 62.4 Å². The maximum absolute atomic E-state index is 13.4. The van der Waals surface area contributed by atoms with Gasteiger partial charge in [-0.2, -0.15) is 0 Å². The monoisotopic (exact) mass is 668 g/mol. The standard InChI is InChI=1S/C39H44O6SSi/c1-39(2,3)47(34-15-9-5-10-16-34,35-17-11-6-12-18-35)45-27-32-28-46(43,44)37(26-40)38(32)36(42)24-21-31(30-13-7-4-8-14-30)25-29-19-22-33(41)23-20-29/h4-20,22-23,25,36-37,40-42H,21,24,26-28H2,1-3H3/b31-25-/t36-,37+/m1/s1. The van der Waals surface area contributed by atoms with Gasteiger partial charge in [0.1, 0.15) is 11.0 Å². The SMILES string of the molecule is CC(C)(C)[Si](OCC1=C([C@H](O)CC/C(=C/c2ccc(O)cc2)c2ccccc2)[C@H](CO)S(=O)(=O)C1)(c1ccccc1)c1ccccc1. The Morgan fingerprint density at radius 3 is 1.91 bits per heavy atom. The molecule has 2 atom stereocenters. The molecule has 1 aliphatic heterocycles. The minimum Gasteiger partial charge on any atom is -0.508 e. The Labute approximate surface area is 279 Å². The van der Waals surface area contributed by atoms with E-state index in [9.17, 15) is 23.7 Å². The first-order valence-corrected chi connectivity index (χ1v) is 19.6. The Bertz CT molecular complexity index is 1760. The molecule has 0 saturated carbocycles. The van der Waals surface area contributed by atoms with Gasteiger partial charge in [0.2, 0.25) is 0 Å². The summed E-state index contributed by atoms with van der Waals surface area (Å²) in [4.78, 5) is 0. The van der Waals surface area contributed by atoms with Crippen LogP contribution in [0.3, 0.4) is 0 Å². The van der Waals surface area contributed by atoms with Crippen molar-refractivity contribution in [2.75, 3.05) is 19.0 Å². The Morgan fingerprint density at radius 2 is 1.40 bits per heavy atom. The van der Waals surface area contributed by atoms with Crippen molar-refractivity contribution in [1.82, 2.24) is 0 Å². The number of allylic oxidation sites excluding steroid dienone is 1. The molecule has 0 fully saturated rings. The van der Waals surface area contributed by atoms with E-state index in [1.54, 1.807) is 12.1 Å². The summed E-state index contributed by atoms with van der Waals surface area (Å²) < 4.78 is 33.9. The number of aliphatic hydroxyl groups is 2. The van der Waals surface area contributed by atoms with Crippen molar-refractivity contribution in [2.24, 2.45) is 0 Å². The molecule has 1 aliphatic rings. The van der Waals surface area contributed by atoms with Crippen molar-refractivity contribution in [1.29, 1.82) is 0 Å². The van der Waals surface area contributed by atoms with Crippen LogP contribution in [0.1, 0.15) is 44.7 Å². The molecule has 0 bridgehead atoms. The summed E-state index contributed by atoms with van der Waals surface area (Å²) in [6, 6.07) is 37.0. The summed E-state index contributed by atoms with van der Waals surface area (Å²) in [5, 5.41) is 32.5. The molecule has 3 N–H and O–H groups in total. The molecule has 0 radical (unpaired) electrons. The number of phenolic OH excluding ortho intramolecular Hbond substituents is 1. The third-order valence-electron chi connectivity index (χ3n) is 9.03. The zero-order chi connectivity index (χ0) is 33.7. The molecule has 0 amide bonds. The van der Waals surface area contributed by atoms with Crippen LogP contribution in [0, 0.1) is 0 Å². The molecule has 6 nitrogen and oxygen atoms in total. The third kappa shape index (κ3) is 7.53. The van der Waals surface area contributed by atoms with Crippen molar-refractivity contribution >= 4 is 40.2 Å². The third-order valence-corrected chi connectivity index (χ3v) is 16.0. The Balaban J connectivity index is 1.51. The molecule has 0 aromatic heterocycles. The van der Waals surface area contributed by atoms with Crippen molar-refractivity contribution in [3.8, 4) is 5.75 Å². The van der Waals surface area contributed by atoms with E-state index in [0.29, 0.717) is 17.6 Å². The summed E-state index contributed by atoms with van der Waals surface area (Å²) in [7, 11) is -6.73. The highest BCUT2D eigenvalue weighted by molar-refractivity contribution is 7.92. The van der Waals surface area contributed by atoms with Gasteiger partial charge in [-0.05, 0) is 68.2 Å². The summed E-state index contributed by atoms with van der Waals surface area (Å²) in [5.74, 6) is -0.0892. The fraction of sp³-hybridized carbons (Fsp3) is 0.282. The Morgan fingerprint density at radius 1 is 0.872 bits per heavy atom. The first-order chi connectivity index (χ1) is 22.5. The number of phenols is 1. The van der Waals surface area contributed by atoms with Gasteiger partial charge in [0.25, 0.3) is 8.32 Å². The van der Waals surface area contributed by atoms with Crippen LogP contribution in [0.25, 0.3) is 11.6 Å². The molecule has 0 spiro atoms. The molecule has 246 valence electrons. The predicted octanol–water partition coefficient (Wildman–Crippen LogP) is 5.74. The number of rotatable bonds is 12. The lowest BCUT2D eigenvalue weighted by Crippen LogP contribution is -2.66. The number of hydrogen-bond acceptors (Lipinski definition) is 6. The molecule has 5 rings (SSSR count). The second-order valence-corrected chi connectivity index (χ2v) is 19.7. The topological polar surface area (TPSA) is 104 Å². The van der Waals surface area contributed by atoms with Gasteiger partial charge in [-0.3, -0.25) is 0 Å². The Kier molecular flexibility index (Phi) is 10.7. The largest absolute Gasteiger partial charge is 0.508 e. The quantitative estimate of drug-likeness (QED) is 0.101. The van der Waals surface area contributed by atoms with Crippen LogP contribution in [-0.2, 0) is 14.3 Å². The number of sulfone groups is 1. The normalized spacial score (nSPS) is 17.6. The molecule has 8 heteroatoms. The van der Waals surface area contributed by atoms with E-state index in [1.165, 1.54) is 0 Å². The van der Waals surface area contributed by atoms with Crippen molar-refractivity contribution in [3.63, 3.8) is 0 Å². The molecule has 47 heavy (non-hydrogen) atoms. The van der Waals surface area contributed by atoms with Crippen LogP contribution in [0.2, 0.25) is 5.04 Å². The molecule has 0 saturated heterocycles. The lowest BCUT2D eigenvalue weighted by molar-refractivity contribution is 0.188. The summed E-state index contributed by atoms with van der Waals surface area (Å²) in [6.45, 7) is 5.92.